The van der Waals surface area contributed by atoms with Gasteiger partial charge in [0.25, 0.3) is 0 Å². The fourth-order valence-corrected chi connectivity index (χ4v) is 2.09. The highest BCUT2D eigenvalue weighted by molar-refractivity contribution is 5.92. The first-order chi connectivity index (χ1) is 9.35. The van der Waals surface area contributed by atoms with E-state index in [0.29, 0.717) is 5.92 Å². The van der Waals surface area contributed by atoms with E-state index in [0.717, 1.165) is 24.5 Å². The number of nitrogens with one attached hydrogen (secondary N) is 2. The molecule has 2 rings (SSSR count). The van der Waals surface area contributed by atoms with Gasteiger partial charge in [-0.1, -0.05) is 6.92 Å². The highest BCUT2D eigenvalue weighted by atomic mass is 35.5. The van der Waals surface area contributed by atoms with E-state index >= 15 is 0 Å². The number of carbonyl (C=O) groups is 1. The lowest BCUT2D eigenvalue weighted by atomic mass is 9.88. The van der Waals surface area contributed by atoms with Gasteiger partial charge in [0.1, 0.15) is 11.4 Å². The van der Waals surface area contributed by atoms with Crippen molar-refractivity contribution in [2.45, 2.75) is 33.3 Å². The second-order valence-electron chi connectivity index (χ2n) is 6.44. The predicted molar refractivity (Wildman–Crippen MR) is 88.2 cm³/mol. The Kier molecular flexibility index (Phi) is 6.05. The van der Waals surface area contributed by atoms with Crippen LogP contribution >= 0.6 is 12.4 Å². The summed E-state index contributed by atoms with van der Waals surface area (Å²) in [7, 11) is 0. The second-order valence-corrected chi connectivity index (χ2v) is 6.44. The quantitative estimate of drug-likeness (QED) is 0.898. The minimum atomic E-state index is -0.212. The molecule has 1 saturated heterocycles. The molecule has 1 atom stereocenters. The zero-order valence-corrected chi connectivity index (χ0v) is 13.9. The third-order valence-electron chi connectivity index (χ3n) is 3.48. The van der Waals surface area contributed by atoms with Crippen molar-refractivity contribution < 1.29 is 9.53 Å². The lowest BCUT2D eigenvalue weighted by Gasteiger charge is -2.31. The van der Waals surface area contributed by atoms with Gasteiger partial charge in [0.05, 0.1) is 0 Å². The van der Waals surface area contributed by atoms with Gasteiger partial charge in [-0.05, 0) is 64.0 Å². The summed E-state index contributed by atoms with van der Waals surface area (Å²) in [4.78, 5) is 12.1. The van der Waals surface area contributed by atoms with E-state index < -0.39 is 0 Å². The first-order valence-corrected chi connectivity index (χ1v) is 7.16. The van der Waals surface area contributed by atoms with Gasteiger partial charge in [0.2, 0.25) is 5.91 Å². The molecule has 118 valence electrons. The molecule has 1 amide bonds. The number of carbonyl (C=O) groups excluding carboxylic acids is 1. The molecular formula is C16H25ClN2O2. The number of hydrogen-bond donors (Lipinski definition) is 2. The standard InChI is InChI=1S/C16H24N2O2.ClH/c1-11(12-9-17-10-12)15(19)18-13-5-7-14(8-6-13)20-16(2,3)4;/h5-8,11-12,17H,9-10H2,1-4H3,(H,18,19);1H. The number of ether oxygens (including phenoxy) is 1. The fraction of sp³-hybridized carbons (Fsp3) is 0.562. The molecule has 0 saturated carbocycles. The van der Waals surface area contributed by atoms with Crippen molar-refractivity contribution >= 4 is 24.0 Å². The van der Waals surface area contributed by atoms with E-state index in [1.165, 1.54) is 0 Å². The van der Waals surface area contributed by atoms with E-state index in [9.17, 15) is 4.79 Å². The van der Waals surface area contributed by atoms with Crippen molar-refractivity contribution in [2.24, 2.45) is 11.8 Å². The molecule has 0 aromatic heterocycles. The van der Waals surface area contributed by atoms with E-state index in [4.69, 9.17) is 4.74 Å². The molecule has 5 heteroatoms. The number of amides is 1. The monoisotopic (exact) mass is 312 g/mol. The fourth-order valence-electron chi connectivity index (χ4n) is 2.09. The van der Waals surface area contributed by atoms with Gasteiger partial charge in [-0.25, -0.2) is 0 Å². The molecule has 0 bridgehead atoms. The summed E-state index contributed by atoms with van der Waals surface area (Å²) in [6, 6.07) is 7.53. The van der Waals surface area contributed by atoms with Crippen molar-refractivity contribution in [1.82, 2.24) is 5.32 Å². The molecule has 0 aliphatic carbocycles. The number of anilines is 1. The molecular weight excluding hydrogens is 288 g/mol. The molecule has 21 heavy (non-hydrogen) atoms. The molecule has 1 unspecified atom stereocenters. The molecule has 1 aromatic carbocycles. The normalized spacial score (nSPS) is 16.4. The Hall–Kier alpha value is -1.26. The minimum absolute atomic E-state index is 0. The van der Waals surface area contributed by atoms with Crippen LogP contribution in [-0.2, 0) is 4.79 Å². The van der Waals surface area contributed by atoms with E-state index in [1.807, 2.05) is 52.0 Å². The summed E-state index contributed by atoms with van der Waals surface area (Å²) >= 11 is 0. The van der Waals surface area contributed by atoms with E-state index in [-0.39, 0.29) is 29.8 Å². The maximum Gasteiger partial charge on any atom is 0.227 e. The van der Waals surface area contributed by atoms with Gasteiger partial charge in [0, 0.05) is 11.6 Å². The van der Waals surface area contributed by atoms with E-state index in [1.54, 1.807) is 0 Å². The van der Waals surface area contributed by atoms with Crippen LogP contribution in [0.4, 0.5) is 5.69 Å². The van der Waals surface area contributed by atoms with Gasteiger partial charge in [-0.2, -0.15) is 0 Å². The molecule has 0 radical (unpaired) electrons. The van der Waals surface area contributed by atoms with Crippen LogP contribution in [-0.4, -0.2) is 24.6 Å². The maximum atomic E-state index is 12.1. The predicted octanol–water partition coefficient (Wildman–Crippen LogP) is 3.08. The van der Waals surface area contributed by atoms with Crippen molar-refractivity contribution in [3.8, 4) is 5.75 Å². The number of halogens is 1. The summed E-state index contributed by atoms with van der Waals surface area (Å²) in [5, 5.41) is 6.15. The first-order valence-electron chi connectivity index (χ1n) is 7.16. The molecule has 0 spiro atoms. The van der Waals surface area contributed by atoms with Crippen LogP contribution in [0.15, 0.2) is 24.3 Å². The van der Waals surface area contributed by atoms with Gasteiger partial charge >= 0.3 is 0 Å². The number of benzene rings is 1. The minimum Gasteiger partial charge on any atom is -0.488 e. The Morgan fingerprint density at radius 1 is 1.29 bits per heavy atom. The molecule has 2 N–H and O–H groups in total. The molecule has 1 heterocycles. The lowest BCUT2D eigenvalue weighted by molar-refractivity contribution is -0.121. The summed E-state index contributed by atoms with van der Waals surface area (Å²) in [5.74, 6) is 1.40. The lowest BCUT2D eigenvalue weighted by Crippen LogP contribution is -2.48. The van der Waals surface area contributed by atoms with Crippen molar-refractivity contribution in [3.63, 3.8) is 0 Å². The molecule has 1 aliphatic rings. The molecule has 1 aliphatic heterocycles. The highest BCUT2D eigenvalue weighted by Crippen LogP contribution is 2.22. The van der Waals surface area contributed by atoms with E-state index in [2.05, 4.69) is 10.6 Å². The maximum absolute atomic E-state index is 12.1. The smallest absolute Gasteiger partial charge is 0.227 e. The Bertz CT molecular complexity index is 464. The average Bonchev–Trinajstić information content (AvgIpc) is 2.27. The second kappa shape index (κ2) is 7.14. The highest BCUT2D eigenvalue weighted by Gasteiger charge is 2.28. The molecule has 1 fully saturated rings. The van der Waals surface area contributed by atoms with Crippen LogP contribution in [0.1, 0.15) is 27.7 Å². The number of hydrogen-bond acceptors (Lipinski definition) is 3. The largest absolute Gasteiger partial charge is 0.488 e. The van der Waals surface area contributed by atoms with Crippen molar-refractivity contribution in [2.75, 3.05) is 18.4 Å². The Morgan fingerprint density at radius 3 is 2.29 bits per heavy atom. The third-order valence-corrected chi connectivity index (χ3v) is 3.48. The van der Waals surface area contributed by atoms with Gasteiger partial charge in [-0.15, -0.1) is 12.4 Å². The average molecular weight is 313 g/mol. The Balaban J connectivity index is 0.00000220. The Morgan fingerprint density at radius 2 is 1.86 bits per heavy atom. The SMILES string of the molecule is CC(C(=O)Nc1ccc(OC(C)(C)C)cc1)C1CNC1.Cl. The van der Waals surface area contributed by atoms with Gasteiger partial charge in [0.15, 0.2) is 0 Å². The third kappa shape index (κ3) is 5.21. The van der Waals surface area contributed by atoms with Gasteiger partial charge < -0.3 is 15.4 Å². The van der Waals surface area contributed by atoms with Crippen molar-refractivity contribution in [3.05, 3.63) is 24.3 Å². The Labute approximate surface area is 133 Å². The van der Waals surface area contributed by atoms with Crippen LogP contribution in [0.3, 0.4) is 0 Å². The van der Waals surface area contributed by atoms with Crippen LogP contribution < -0.4 is 15.4 Å². The van der Waals surface area contributed by atoms with Crippen molar-refractivity contribution in [1.29, 1.82) is 0 Å². The summed E-state index contributed by atoms with van der Waals surface area (Å²) in [6.07, 6.45) is 0. The molecule has 1 aromatic rings. The molecule has 4 nitrogen and oxygen atoms in total. The van der Waals surface area contributed by atoms with Crippen LogP contribution in [0.5, 0.6) is 5.75 Å². The first kappa shape index (κ1) is 17.8. The topological polar surface area (TPSA) is 50.4 Å². The van der Waals surface area contributed by atoms with Crippen LogP contribution in [0.25, 0.3) is 0 Å². The summed E-state index contributed by atoms with van der Waals surface area (Å²) < 4.78 is 5.75. The number of rotatable bonds is 4. The zero-order chi connectivity index (χ0) is 14.8. The van der Waals surface area contributed by atoms with Crippen LogP contribution in [0.2, 0.25) is 0 Å². The van der Waals surface area contributed by atoms with Crippen LogP contribution in [0, 0.1) is 11.8 Å². The summed E-state index contributed by atoms with van der Waals surface area (Å²) in [6.45, 7) is 9.89. The zero-order valence-electron chi connectivity index (χ0n) is 13.1. The summed E-state index contributed by atoms with van der Waals surface area (Å²) in [5.41, 5.74) is 0.603. The van der Waals surface area contributed by atoms with Gasteiger partial charge in [-0.3, -0.25) is 4.79 Å².